The summed E-state index contributed by atoms with van der Waals surface area (Å²) >= 11 is 0. The van der Waals surface area contributed by atoms with Crippen LogP contribution in [0.1, 0.15) is 0 Å². The van der Waals surface area contributed by atoms with Gasteiger partial charge in [-0.3, -0.25) is 4.99 Å². The zero-order valence-electron chi connectivity index (χ0n) is 6.33. The van der Waals surface area contributed by atoms with Gasteiger partial charge in [-0.15, -0.1) is 10.8 Å². The molecule has 0 saturated carbocycles. The number of hydrogen-bond acceptors (Lipinski definition) is 4. The molecule has 3 N–H and O–H groups in total. The van der Waals surface area contributed by atoms with Crippen LogP contribution < -0.4 is 16.1 Å². The molecule has 6 nitrogen and oxygen atoms in total. The van der Waals surface area contributed by atoms with Gasteiger partial charge in [0.1, 0.15) is 6.67 Å². The summed E-state index contributed by atoms with van der Waals surface area (Å²) < 4.78 is 0. The predicted octanol–water partition coefficient (Wildman–Crippen LogP) is -1.85. The third-order valence-electron chi connectivity index (χ3n) is 0.784. The van der Waals surface area contributed by atoms with Crippen molar-refractivity contribution in [2.75, 3.05) is 13.8 Å². The fraction of sp³-hybridized carbons (Fsp3) is 0.400. The van der Waals surface area contributed by atoms with Gasteiger partial charge in [0, 0.05) is 0 Å². The summed E-state index contributed by atoms with van der Waals surface area (Å²) in [7, 11) is 1.29. The van der Waals surface area contributed by atoms with Crippen LogP contribution in [0.15, 0.2) is 17.8 Å². The normalized spacial score (nSPS) is 13.3. The SMILES string of the molecule is C=CNC=NCN[NH+]([O-])OC. The molecule has 0 aliphatic carbocycles. The van der Waals surface area contributed by atoms with Crippen molar-refractivity contribution in [3.8, 4) is 0 Å². The lowest BCUT2D eigenvalue weighted by atomic mass is 11.0. The molecule has 0 rings (SSSR count). The zero-order valence-corrected chi connectivity index (χ0v) is 6.33. The third-order valence-corrected chi connectivity index (χ3v) is 0.784. The molecule has 1 atom stereocenters. The van der Waals surface area contributed by atoms with E-state index in [0.29, 0.717) is 0 Å². The lowest BCUT2D eigenvalue weighted by Gasteiger charge is -2.15. The van der Waals surface area contributed by atoms with Crippen LogP contribution in [0.5, 0.6) is 0 Å². The van der Waals surface area contributed by atoms with Crippen molar-refractivity contribution >= 4 is 6.34 Å². The standard InChI is InChI=1S/C5H12N4O2/c1-3-6-4-7-5-8-9(10)11-2/h3-4,8-9H,1,5H2,2H3,(H,6,7). The van der Waals surface area contributed by atoms with Crippen molar-refractivity contribution in [3.05, 3.63) is 18.0 Å². The Balaban J connectivity index is 3.18. The highest BCUT2D eigenvalue weighted by Gasteiger charge is 1.87. The Morgan fingerprint density at radius 3 is 3.09 bits per heavy atom. The largest absolute Gasteiger partial charge is 0.579 e. The molecule has 0 amide bonds. The Labute approximate surface area is 65.1 Å². The summed E-state index contributed by atoms with van der Waals surface area (Å²) in [5.74, 6) is 0. The van der Waals surface area contributed by atoms with Gasteiger partial charge in [0.15, 0.2) is 0 Å². The first kappa shape index (κ1) is 10.0. The number of nitrogens with one attached hydrogen (secondary N) is 3. The molecule has 6 heteroatoms. The van der Waals surface area contributed by atoms with Gasteiger partial charge in [0.2, 0.25) is 0 Å². The van der Waals surface area contributed by atoms with E-state index in [0.717, 1.165) is 0 Å². The smallest absolute Gasteiger partial charge is 0.140 e. The second kappa shape index (κ2) is 7.16. The minimum atomic E-state index is -0.499. The summed E-state index contributed by atoms with van der Waals surface area (Å²) in [6, 6.07) is 0. The van der Waals surface area contributed by atoms with Crippen LogP contribution in [-0.4, -0.2) is 20.1 Å². The summed E-state index contributed by atoms with van der Waals surface area (Å²) in [5.41, 5.74) is 2.36. The van der Waals surface area contributed by atoms with Crippen LogP contribution in [0.4, 0.5) is 0 Å². The van der Waals surface area contributed by atoms with Crippen LogP contribution in [0.25, 0.3) is 0 Å². The second-order valence-electron chi connectivity index (χ2n) is 1.51. The van der Waals surface area contributed by atoms with Crippen LogP contribution >= 0.6 is 0 Å². The number of rotatable bonds is 6. The van der Waals surface area contributed by atoms with Crippen molar-refractivity contribution < 1.29 is 10.2 Å². The van der Waals surface area contributed by atoms with E-state index < -0.39 is 5.34 Å². The molecular weight excluding hydrogens is 148 g/mol. The van der Waals surface area contributed by atoms with E-state index in [-0.39, 0.29) is 6.67 Å². The first-order chi connectivity index (χ1) is 5.31. The monoisotopic (exact) mass is 160 g/mol. The van der Waals surface area contributed by atoms with Gasteiger partial charge in [-0.25, -0.2) is 0 Å². The number of aliphatic imine (C=N–C) groups is 1. The summed E-state index contributed by atoms with van der Waals surface area (Å²) in [5, 5.41) is 12.5. The Morgan fingerprint density at radius 1 is 1.82 bits per heavy atom. The van der Waals surface area contributed by atoms with E-state index in [1.54, 1.807) is 0 Å². The Hall–Kier alpha value is -0.950. The molecule has 0 saturated heterocycles. The summed E-state index contributed by atoms with van der Waals surface area (Å²) in [4.78, 5) is 8.02. The second-order valence-corrected chi connectivity index (χ2v) is 1.51. The zero-order chi connectivity index (χ0) is 8.53. The van der Waals surface area contributed by atoms with Crippen molar-refractivity contribution in [2.24, 2.45) is 4.99 Å². The van der Waals surface area contributed by atoms with Gasteiger partial charge in [-0.1, -0.05) is 6.58 Å². The highest BCUT2D eigenvalue weighted by atomic mass is 16.9. The Kier molecular flexibility index (Phi) is 6.54. The Bertz CT molecular complexity index is 128. The molecule has 64 valence electrons. The molecule has 0 aliphatic rings. The third kappa shape index (κ3) is 6.94. The van der Waals surface area contributed by atoms with Crippen molar-refractivity contribution in [3.63, 3.8) is 0 Å². The fourth-order valence-corrected chi connectivity index (χ4v) is 0.333. The summed E-state index contributed by atoms with van der Waals surface area (Å²) in [6.45, 7) is 3.58. The van der Waals surface area contributed by atoms with Gasteiger partial charge in [-0.05, 0) is 6.20 Å². The molecule has 0 aromatic carbocycles. The van der Waals surface area contributed by atoms with Crippen molar-refractivity contribution in [2.45, 2.75) is 0 Å². The topological polar surface area (TPSA) is 73.2 Å². The van der Waals surface area contributed by atoms with Gasteiger partial charge < -0.3 is 10.5 Å². The van der Waals surface area contributed by atoms with Gasteiger partial charge in [-0.2, -0.15) is 4.84 Å². The molecule has 0 spiro atoms. The lowest BCUT2D eigenvalue weighted by molar-refractivity contribution is -1.08. The van der Waals surface area contributed by atoms with Crippen molar-refractivity contribution in [1.29, 1.82) is 0 Å². The molecule has 0 radical (unpaired) electrons. The van der Waals surface area contributed by atoms with Gasteiger partial charge in [0.05, 0.1) is 13.4 Å². The molecule has 0 aliphatic heterocycles. The van der Waals surface area contributed by atoms with E-state index in [1.165, 1.54) is 19.6 Å². The van der Waals surface area contributed by atoms with E-state index >= 15 is 0 Å². The number of nitrogens with zero attached hydrogens (tertiary/aromatic N) is 1. The Morgan fingerprint density at radius 2 is 2.55 bits per heavy atom. The number of quaternary nitrogens is 1. The van der Waals surface area contributed by atoms with Gasteiger partial charge in [0.25, 0.3) is 0 Å². The minimum absolute atomic E-state index is 0.188. The number of hydrogen-bond donors (Lipinski definition) is 3. The molecule has 1 unspecified atom stereocenters. The average molecular weight is 160 g/mol. The van der Waals surface area contributed by atoms with Crippen molar-refractivity contribution in [1.82, 2.24) is 10.7 Å². The van der Waals surface area contributed by atoms with Gasteiger partial charge >= 0.3 is 0 Å². The first-order valence-corrected chi connectivity index (χ1v) is 2.98. The molecule has 11 heavy (non-hydrogen) atoms. The van der Waals surface area contributed by atoms with Crippen LogP contribution in [0.3, 0.4) is 0 Å². The maximum atomic E-state index is 10.4. The molecule has 0 heterocycles. The van der Waals surface area contributed by atoms with E-state index in [4.69, 9.17) is 0 Å². The highest BCUT2D eigenvalue weighted by molar-refractivity contribution is 5.55. The first-order valence-electron chi connectivity index (χ1n) is 2.98. The lowest BCUT2D eigenvalue weighted by Crippen LogP contribution is -3.13. The molecule has 0 aromatic rings. The minimum Gasteiger partial charge on any atom is -0.579 e. The van der Waals surface area contributed by atoms with Crippen LogP contribution in [0.2, 0.25) is 0 Å². The molecular formula is C5H12N4O2. The maximum Gasteiger partial charge on any atom is 0.140 e. The highest BCUT2D eigenvalue weighted by Crippen LogP contribution is 1.54. The quantitative estimate of drug-likeness (QED) is 0.242. The molecule has 0 aromatic heterocycles. The van der Waals surface area contributed by atoms with E-state index in [2.05, 4.69) is 27.2 Å². The molecule has 0 fully saturated rings. The van der Waals surface area contributed by atoms with Crippen LogP contribution in [0, 0.1) is 5.21 Å². The average Bonchev–Trinajstić information content (AvgIpc) is 2.04. The van der Waals surface area contributed by atoms with E-state index in [9.17, 15) is 5.21 Å². The maximum absolute atomic E-state index is 10.4. The fourth-order valence-electron chi connectivity index (χ4n) is 0.333. The predicted molar refractivity (Wildman–Crippen MR) is 41.2 cm³/mol. The van der Waals surface area contributed by atoms with Crippen LogP contribution in [-0.2, 0) is 4.84 Å². The summed E-state index contributed by atoms with van der Waals surface area (Å²) in [6.07, 6.45) is 2.89. The molecule has 0 bridgehead atoms. The van der Waals surface area contributed by atoms with E-state index in [1.807, 2.05) is 0 Å².